The quantitative estimate of drug-likeness (QED) is 0.876. The second kappa shape index (κ2) is 5.97. The molecule has 0 radical (unpaired) electrons. The third-order valence-corrected chi connectivity index (χ3v) is 4.98. The minimum atomic E-state index is 0.0904. The summed E-state index contributed by atoms with van der Waals surface area (Å²) in [7, 11) is 0. The Kier molecular flexibility index (Phi) is 4.05. The normalized spacial score (nSPS) is 19.0. The zero-order chi connectivity index (χ0) is 14.8. The highest BCUT2D eigenvalue weighted by atomic mass is 32.1. The molecular weight excluding hydrogens is 284 g/mol. The molecule has 0 saturated carbocycles. The van der Waals surface area contributed by atoms with E-state index in [2.05, 4.69) is 17.0 Å². The number of hydrogen-bond donors (Lipinski definition) is 0. The van der Waals surface area contributed by atoms with Crippen LogP contribution in [0.1, 0.15) is 45.9 Å². The van der Waals surface area contributed by atoms with Crippen molar-refractivity contribution in [1.82, 2.24) is 19.7 Å². The van der Waals surface area contributed by atoms with Crippen LogP contribution in [0.25, 0.3) is 0 Å². The molecule has 1 saturated heterocycles. The highest BCUT2D eigenvalue weighted by molar-refractivity contribution is 7.11. The van der Waals surface area contributed by atoms with E-state index in [1.807, 2.05) is 24.2 Å². The van der Waals surface area contributed by atoms with Gasteiger partial charge in [-0.3, -0.25) is 9.48 Å². The van der Waals surface area contributed by atoms with Crippen molar-refractivity contribution in [2.24, 2.45) is 0 Å². The summed E-state index contributed by atoms with van der Waals surface area (Å²) in [4.78, 5) is 20.2. The van der Waals surface area contributed by atoms with Crippen molar-refractivity contribution in [2.75, 3.05) is 13.1 Å². The van der Waals surface area contributed by atoms with Gasteiger partial charge in [-0.25, -0.2) is 4.98 Å². The number of amides is 1. The molecule has 1 amide bonds. The summed E-state index contributed by atoms with van der Waals surface area (Å²) in [6.07, 6.45) is 7.58. The maximum absolute atomic E-state index is 12.6. The van der Waals surface area contributed by atoms with Crippen LogP contribution in [0.4, 0.5) is 0 Å². The van der Waals surface area contributed by atoms with Crippen molar-refractivity contribution in [3.05, 3.63) is 34.0 Å². The number of thiazole rings is 1. The molecule has 1 aliphatic rings. The van der Waals surface area contributed by atoms with Gasteiger partial charge < -0.3 is 4.90 Å². The topological polar surface area (TPSA) is 51.0 Å². The van der Waals surface area contributed by atoms with Crippen molar-refractivity contribution in [3.8, 4) is 0 Å². The first-order valence-electron chi connectivity index (χ1n) is 7.41. The van der Waals surface area contributed by atoms with Gasteiger partial charge in [-0.15, -0.1) is 11.3 Å². The van der Waals surface area contributed by atoms with Crippen molar-refractivity contribution < 1.29 is 4.79 Å². The Balaban J connectivity index is 1.72. The van der Waals surface area contributed by atoms with Crippen molar-refractivity contribution >= 4 is 17.2 Å². The van der Waals surface area contributed by atoms with Gasteiger partial charge in [-0.1, -0.05) is 0 Å². The summed E-state index contributed by atoms with van der Waals surface area (Å²) in [5.41, 5.74) is 0.688. The Morgan fingerprint density at radius 2 is 2.33 bits per heavy atom. The molecule has 0 unspecified atom stereocenters. The fraction of sp³-hybridized carbons (Fsp3) is 0.533. The van der Waals surface area contributed by atoms with Crippen LogP contribution in [0.3, 0.4) is 0 Å². The number of piperidine rings is 1. The Labute approximate surface area is 128 Å². The molecule has 0 aliphatic carbocycles. The van der Waals surface area contributed by atoms with Crippen LogP contribution in [0.5, 0.6) is 0 Å². The number of aromatic nitrogens is 3. The standard InChI is InChI=1S/C15H20N4OS/c1-3-19-10-13(8-17-19)15(20)18-6-4-5-12(9-18)14-16-7-11(2)21-14/h7-8,10,12H,3-6,9H2,1-2H3/t12-/m1/s1. The smallest absolute Gasteiger partial charge is 0.257 e. The molecule has 5 nitrogen and oxygen atoms in total. The van der Waals surface area contributed by atoms with E-state index in [0.29, 0.717) is 11.5 Å². The number of rotatable bonds is 3. The van der Waals surface area contributed by atoms with Crippen LogP contribution < -0.4 is 0 Å². The van der Waals surface area contributed by atoms with Crippen molar-refractivity contribution in [1.29, 1.82) is 0 Å². The van der Waals surface area contributed by atoms with Crippen molar-refractivity contribution in [3.63, 3.8) is 0 Å². The summed E-state index contributed by atoms with van der Waals surface area (Å²) in [6.45, 7) is 6.48. The first-order valence-corrected chi connectivity index (χ1v) is 8.23. The van der Waals surface area contributed by atoms with Gasteiger partial charge in [0.1, 0.15) is 0 Å². The monoisotopic (exact) mass is 304 g/mol. The fourth-order valence-corrected chi connectivity index (χ4v) is 3.65. The van der Waals surface area contributed by atoms with Gasteiger partial charge in [0.25, 0.3) is 5.91 Å². The molecule has 2 aromatic rings. The zero-order valence-corrected chi connectivity index (χ0v) is 13.3. The van der Waals surface area contributed by atoms with Gasteiger partial charge >= 0.3 is 0 Å². The molecule has 0 aromatic carbocycles. The van der Waals surface area contributed by atoms with Gasteiger partial charge in [-0.2, -0.15) is 5.10 Å². The maximum Gasteiger partial charge on any atom is 0.257 e. The average molecular weight is 304 g/mol. The largest absolute Gasteiger partial charge is 0.338 e. The molecule has 112 valence electrons. The zero-order valence-electron chi connectivity index (χ0n) is 12.5. The first-order chi connectivity index (χ1) is 10.2. The highest BCUT2D eigenvalue weighted by Crippen LogP contribution is 2.30. The van der Waals surface area contributed by atoms with E-state index in [1.165, 1.54) is 4.88 Å². The number of hydrogen-bond acceptors (Lipinski definition) is 4. The molecule has 0 bridgehead atoms. The lowest BCUT2D eigenvalue weighted by Gasteiger charge is -2.31. The second-order valence-electron chi connectivity index (χ2n) is 5.48. The van der Waals surface area contributed by atoms with E-state index >= 15 is 0 Å². The predicted octanol–water partition coefficient (Wildman–Crippen LogP) is 2.69. The average Bonchev–Trinajstić information content (AvgIpc) is 3.15. The third-order valence-electron chi connectivity index (χ3n) is 3.90. The minimum Gasteiger partial charge on any atom is -0.338 e. The number of aryl methyl sites for hydroxylation is 2. The Hall–Kier alpha value is -1.69. The van der Waals surface area contributed by atoms with Gasteiger partial charge in [-0.05, 0) is 26.7 Å². The molecule has 3 heterocycles. The van der Waals surface area contributed by atoms with Gasteiger partial charge in [0.15, 0.2) is 0 Å². The molecule has 3 rings (SSSR count). The molecule has 0 N–H and O–H groups in total. The van der Waals surface area contributed by atoms with Gasteiger partial charge in [0, 0.05) is 42.8 Å². The van der Waals surface area contributed by atoms with E-state index in [-0.39, 0.29) is 5.91 Å². The maximum atomic E-state index is 12.6. The summed E-state index contributed by atoms with van der Waals surface area (Å²) in [5, 5.41) is 5.35. The molecule has 6 heteroatoms. The molecule has 2 aromatic heterocycles. The Morgan fingerprint density at radius 1 is 1.48 bits per heavy atom. The lowest BCUT2D eigenvalue weighted by molar-refractivity contribution is 0.0707. The van der Waals surface area contributed by atoms with E-state index in [0.717, 1.165) is 37.5 Å². The summed E-state index contributed by atoms with van der Waals surface area (Å²) in [6, 6.07) is 0. The lowest BCUT2D eigenvalue weighted by atomic mass is 9.98. The third kappa shape index (κ3) is 3.00. The van der Waals surface area contributed by atoms with Crippen LogP contribution in [0.2, 0.25) is 0 Å². The number of carbonyl (C=O) groups is 1. The van der Waals surface area contributed by atoms with Crippen LogP contribution in [0.15, 0.2) is 18.6 Å². The Bertz CT molecular complexity index is 633. The number of nitrogens with zero attached hydrogens (tertiary/aromatic N) is 4. The van der Waals surface area contributed by atoms with E-state index in [1.54, 1.807) is 22.2 Å². The van der Waals surface area contributed by atoms with E-state index < -0.39 is 0 Å². The summed E-state index contributed by atoms with van der Waals surface area (Å²) in [5.74, 6) is 0.468. The number of likely N-dealkylation sites (tertiary alicyclic amines) is 1. The van der Waals surface area contributed by atoms with Crippen LogP contribution in [-0.4, -0.2) is 38.7 Å². The van der Waals surface area contributed by atoms with Crippen LogP contribution >= 0.6 is 11.3 Å². The number of carbonyl (C=O) groups excluding carboxylic acids is 1. The van der Waals surface area contributed by atoms with Gasteiger partial charge in [0.2, 0.25) is 0 Å². The molecule has 0 spiro atoms. The predicted molar refractivity (Wildman–Crippen MR) is 82.6 cm³/mol. The molecule has 1 aliphatic heterocycles. The van der Waals surface area contributed by atoms with E-state index in [4.69, 9.17) is 0 Å². The highest BCUT2D eigenvalue weighted by Gasteiger charge is 2.27. The van der Waals surface area contributed by atoms with Crippen LogP contribution in [-0.2, 0) is 6.54 Å². The molecular formula is C15H20N4OS. The van der Waals surface area contributed by atoms with Crippen molar-refractivity contribution in [2.45, 2.75) is 39.2 Å². The second-order valence-corrected chi connectivity index (χ2v) is 6.75. The molecule has 21 heavy (non-hydrogen) atoms. The Morgan fingerprint density at radius 3 is 3.00 bits per heavy atom. The summed E-state index contributed by atoms with van der Waals surface area (Å²) >= 11 is 1.75. The SMILES string of the molecule is CCn1cc(C(=O)N2CCC[C@@H](c3ncc(C)s3)C2)cn1. The van der Waals surface area contributed by atoms with E-state index in [9.17, 15) is 4.79 Å². The minimum absolute atomic E-state index is 0.0904. The first kappa shape index (κ1) is 14.3. The molecule has 1 fully saturated rings. The van der Waals surface area contributed by atoms with Crippen LogP contribution in [0, 0.1) is 6.92 Å². The molecule has 1 atom stereocenters. The summed E-state index contributed by atoms with van der Waals surface area (Å²) < 4.78 is 1.79. The lowest BCUT2D eigenvalue weighted by Crippen LogP contribution is -2.39. The fourth-order valence-electron chi connectivity index (χ4n) is 2.75. The van der Waals surface area contributed by atoms with Gasteiger partial charge in [0.05, 0.1) is 16.8 Å².